The van der Waals surface area contributed by atoms with E-state index in [9.17, 15) is 13.2 Å². The van der Waals surface area contributed by atoms with E-state index in [0.717, 1.165) is 5.56 Å². The van der Waals surface area contributed by atoms with Crippen molar-refractivity contribution >= 4 is 33.3 Å². The molecule has 2 N–H and O–H groups in total. The lowest BCUT2D eigenvalue weighted by Crippen LogP contribution is -2.13. The highest BCUT2D eigenvalue weighted by molar-refractivity contribution is 7.92. The van der Waals surface area contributed by atoms with E-state index in [1.54, 1.807) is 19.1 Å². The Bertz CT molecular complexity index is 802. The molecule has 0 saturated carbocycles. The SMILES string of the molecule is Cc1cccc(S(=O)(=O)Nc2cc(Cl)cc(C(=O)O)c2)c1. The fourth-order valence-electron chi connectivity index (χ4n) is 1.77. The molecular formula is C14H12ClNO4S. The van der Waals surface area contributed by atoms with Crippen LogP contribution in [0, 0.1) is 6.92 Å². The number of nitrogens with one attached hydrogen (secondary N) is 1. The number of anilines is 1. The monoisotopic (exact) mass is 325 g/mol. The van der Waals surface area contributed by atoms with Crippen molar-refractivity contribution in [2.24, 2.45) is 0 Å². The number of carboxylic acids is 1. The Hall–Kier alpha value is -2.05. The van der Waals surface area contributed by atoms with E-state index in [-0.39, 0.29) is 21.2 Å². The normalized spacial score (nSPS) is 11.1. The van der Waals surface area contributed by atoms with Gasteiger partial charge in [-0.05, 0) is 42.8 Å². The molecule has 5 nitrogen and oxygen atoms in total. The predicted molar refractivity (Wildman–Crippen MR) is 80.4 cm³/mol. The summed E-state index contributed by atoms with van der Waals surface area (Å²) in [6, 6.07) is 10.2. The van der Waals surface area contributed by atoms with Gasteiger partial charge in [-0.2, -0.15) is 0 Å². The van der Waals surface area contributed by atoms with Crippen LogP contribution in [-0.4, -0.2) is 19.5 Å². The van der Waals surface area contributed by atoms with Crippen LogP contribution in [-0.2, 0) is 10.0 Å². The fourth-order valence-corrected chi connectivity index (χ4v) is 3.15. The second-order valence-corrected chi connectivity index (χ2v) is 6.57. The summed E-state index contributed by atoms with van der Waals surface area (Å²) < 4.78 is 26.8. The van der Waals surface area contributed by atoms with Gasteiger partial charge in [0.25, 0.3) is 10.0 Å². The van der Waals surface area contributed by atoms with Crippen molar-refractivity contribution in [2.45, 2.75) is 11.8 Å². The zero-order valence-corrected chi connectivity index (χ0v) is 12.6. The van der Waals surface area contributed by atoms with Gasteiger partial charge in [-0.15, -0.1) is 0 Å². The molecule has 2 aromatic carbocycles. The summed E-state index contributed by atoms with van der Waals surface area (Å²) in [5, 5.41) is 9.09. The van der Waals surface area contributed by atoms with Gasteiger partial charge in [0, 0.05) is 5.02 Å². The van der Waals surface area contributed by atoms with Crippen molar-refractivity contribution in [1.29, 1.82) is 0 Å². The van der Waals surface area contributed by atoms with E-state index in [1.807, 2.05) is 0 Å². The average molecular weight is 326 g/mol. The lowest BCUT2D eigenvalue weighted by atomic mass is 10.2. The van der Waals surface area contributed by atoms with E-state index in [1.165, 1.54) is 30.3 Å². The molecule has 0 fully saturated rings. The van der Waals surface area contributed by atoms with Gasteiger partial charge in [-0.25, -0.2) is 13.2 Å². The third-order valence-corrected chi connectivity index (χ3v) is 4.29. The van der Waals surface area contributed by atoms with Gasteiger partial charge in [-0.1, -0.05) is 23.7 Å². The number of hydrogen-bond donors (Lipinski definition) is 2. The standard InChI is InChI=1S/C14H12ClNO4S/c1-9-3-2-4-13(5-9)21(19,20)16-12-7-10(14(17)18)6-11(15)8-12/h2-8,16H,1H3,(H,17,18). The summed E-state index contributed by atoms with van der Waals surface area (Å²) >= 11 is 5.80. The Kier molecular flexibility index (Phi) is 4.20. The molecule has 2 rings (SSSR count). The minimum atomic E-state index is -3.80. The first-order valence-corrected chi connectivity index (χ1v) is 7.77. The highest BCUT2D eigenvalue weighted by Crippen LogP contribution is 2.22. The average Bonchev–Trinajstić information content (AvgIpc) is 2.37. The highest BCUT2D eigenvalue weighted by Gasteiger charge is 2.15. The number of rotatable bonds is 4. The minimum Gasteiger partial charge on any atom is -0.478 e. The van der Waals surface area contributed by atoms with Crippen molar-refractivity contribution < 1.29 is 18.3 Å². The molecule has 0 spiro atoms. The summed E-state index contributed by atoms with van der Waals surface area (Å²) in [5.41, 5.74) is 0.807. The Morgan fingerprint density at radius 3 is 2.52 bits per heavy atom. The molecular weight excluding hydrogens is 314 g/mol. The van der Waals surface area contributed by atoms with Gasteiger partial charge in [0.2, 0.25) is 0 Å². The minimum absolute atomic E-state index is 0.0931. The van der Waals surface area contributed by atoms with E-state index < -0.39 is 16.0 Å². The van der Waals surface area contributed by atoms with E-state index >= 15 is 0 Å². The second-order valence-electron chi connectivity index (χ2n) is 4.46. The number of carboxylic acid groups (broad SMARTS) is 1. The number of benzene rings is 2. The molecule has 2 aromatic rings. The van der Waals surface area contributed by atoms with Crippen LogP contribution in [0.1, 0.15) is 15.9 Å². The Morgan fingerprint density at radius 2 is 1.90 bits per heavy atom. The second kappa shape index (κ2) is 5.75. The van der Waals surface area contributed by atoms with Crippen LogP contribution in [0.2, 0.25) is 5.02 Å². The number of sulfonamides is 1. The van der Waals surface area contributed by atoms with Crippen molar-refractivity contribution in [3.63, 3.8) is 0 Å². The third kappa shape index (κ3) is 3.74. The molecule has 0 aliphatic carbocycles. The molecule has 7 heteroatoms. The number of carbonyl (C=O) groups is 1. The molecule has 0 aliphatic rings. The van der Waals surface area contributed by atoms with Crippen LogP contribution >= 0.6 is 11.6 Å². The molecule has 0 saturated heterocycles. The van der Waals surface area contributed by atoms with Crippen LogP contribution in [0.5, 0.6) is 0 Å². The Morgan fingerprint density at radius 1 is 1.19 bits per heavy atom. The van der Waals surface area contributed by atoms with Gasteiger partial charge in [0.1, 0.15) is 0 Å². The van der Waals surface area contributed by atoms with Crippen LogP contribution < -0.4 is 4.72 Å². The Labute approximate surface area is 127 Å². The highest BCUT2D eigenvalue weighted by atomic mass is 35.5. The maximum Gasteiger partial charge on any atom is 0.335 e. The molecule has 0 amide bonds. The third-order valence-electron chi connectivity index (χ3n) is 2.70. The number of halogens is 1. The summed E-state index contributed by atoms with van der Waals surface area (Å²) in [6.45, 7) is 1.78. The van der Waals surface area contributed by atoms with E-state index in [2.05, 4.69) is 4.72 Å². The Balaban J connectivity index is 2.39. The number of aryl methyl sites for hydroxylation is 1. The zero-order chi connectivity index (χ0) is 15.6. The predicted octanol–water partition coefficient (Wildman–Crippen LogP) is 3.15. The van der Waals surface area contributed by atoms with E-state index in [4.69, 9.17) is 16.7 Å². The zero-order valence-electron chi connectivity index (χ0n) is 11.0. The first-order valence-electron chi connectivity index (χ1n) is 5.91. The molecule has 110 valence electrons. The van der Waals surface area contributed by atoms with Crippen LogP contribution in [0.4, 0.5) is 5.69 Å². The van der Waals surface area contributed by atoms with Crippen LogP contribution in [0.25, 0.3) is 0 Å². The molecule has 0 radical (unpaired) electrons. The van der Waals surface area contributed by atoms with Crippen molar-refractivity contribution in [2.75, 3.05) is 4.72 Å². The molecule has 0 heterocycles. The molecule has 0 aromatic heterocycles. The van der Waals surface area contributed by atoms with Gasteiger partial charge in [-0.3, -0.25) is 4.72 Å². The molecule has 0 bridgehead atoms. The quantitative estimate of drug-likeness (QED) is 0.904. The molecule has 0 atom stereocenters. The van der Waals surface area contributed by atoms with Gasteiger partial charge >= 0.3 is 5.97 Å². The van der Waals surface area contributed by atoms with E-state index in [0.29, 0.717) is 0 Å². The summed E-state index contributed by atoms with van der Waals surface area (Å²) in [5.74, 6) is -1.19. The van der Waals surface area contributed by atoms with Gasteiger partial charge in [0.15, 0.2) is 0 Å². The first-order chi connectivity index (χ1) is 9.78. The molecule has 21 heavy (non-hydrogen) atoms. The fraction of sp³-hybridized carbons (Fsp3) is 0.0714. The number of hydrogen-bond acceptors (Lipinski definition) is 3. The lowest BCUT2D eigenvalue weighted by molar-refractivity contribution is 0.0697. The maximum absolute atomic E-state index is 12.2. The lowest BCUT2D eigenvalue weighted by Gasteiger charge is -2.10. The smallest absolute Gasteiger partial charge is 0.335 e. The summed E-state index contributed by atoms with van der Waals surface area (Å²) in [7, 11) is -3.80. The van der Waals surface area contributed by atoms with Crippen LogP contribution in [0.15, 0.2) is 47.4 Å². The largest absolute Gasteiger partial charge is 0.478 e. The maximum atomic E-state index is 12.2. The summed E-state index contributed by atoms with van der Waals surface area (Å²) in [6.07, 6.45) is 0. The van der Waals surface area contributed by atoms with Crippen molar-refractivity contribution in [3.8, 4) is 0 Å². The summed E-state index contributed by atoms with van der Waals surface area (Å²) in [4.78, 5) is 11.0. The first kappa shape index (κ1) is 15.3. The number of aromatic carboxylic acids is 1. The topological polar surface area (TPSA) is 83.5 Å². The molecule has 0 aliphatic heterocycles. The van der Waals surface area contributed by atoms with Crippen molar-refractivity contribution in [3.05, 3.63) is 58.6 Å². The molecule has 0 unspecified atom stereocenters. The van der Waals surface area contributed by atoms with Crippen LogP contribution in [0.3, 0.4) is 0 Å². The van der Waals surface area contributed by atoms with Crippen molar-refractivity contribution in [1.82, 2.24) is 0 Å². The van der Waals surface area contributed by atoms with Gasteiger partial charge in [0.05, 0.1) is 16.1 Å². The van der Waals surface area contributed by atoms with Gasteiger partial charge < -0.3 is 5.11 Å².